The molecule has 1 fully saturated rings. The molecule has 0 bridgehead atoms. The van der Waals surface area contributed by atoms with Crippen LogP contribution in [0.25, 0.3) is 0 Å². The van der Waals surface area contributed by atoms with E-state index in [9.17, 15) is 0 Å². The summed E-state index contributed by atoms with van der Waals surface area (Å²) in [5.41, 5.74) is 0.171. The zero-order chi connectivity index (χ0) is 12.0. The summed E-state index contributed by atoms with van der Waals surface area (Å²) in [4.78, 5) is 0. The van der Waals surface area contributed by atoms with Crippen molar-refractivity contribution in [1.29, 1.82) is 0 Å². The van der Waals surface area contributed by atoms with Crippen LogP contribution in [0.1, 0.15) is 46.0 Å². The average molecular weight is 229 g/mol. The Balaban J connectivity index is 2.34. The van der Waals surface area contributed by atoms with Gasteiger partial charge in [0.1, 0.15) is 0 Å². The predicted molar refractivity (Wildman–Crippen MR) is 66.5 cm³/mol. The number of aliphatic hydroxyl groups is 1. The largest absolute Gasteiger partial charge is 0.396 e. The van der Waals surface area contributed by atoms with Gasteiger partial charge in [-0.05, 0) is 24.7 Å². The van der Waals surface area contributed by atoms with Gasteiger partial charge in [0, 0.05) is 26.3 Å². The minimum Gasteiger partial charge on any atom is -0.396 e. The molecule has 2 N–H and O–H groups in total. The number of methoxy groups -OCH3 is 1. The van der Waals surface area contributed by atoms with Crippen LogP contribution in [0.15, 0.2) is 0 Å². The summed E-state index contributed by atoms with van der Waals surface area (Å²) in [6, 6.07) is 0.497. The van der Waals surface area contributed by atoms with Gasteiger partial charge in [0.05, 0.1) is 6.10 Å². The van der Waals surface area contributed by atoms with E-state index in [1.54, 1.807) is 0 Å². The van der Waals surface area contributed by atoms with Gasteiger partial charge in [-0.1, -0.05) is 26.7 Å². The van der Waals surface area contributed by atoms with Crippen molar-refractivity contribution in [3.63, 3.8) is 0 Å². The molecule has 3 heteroatoms. The quantitative estimate of drug-likeness (QED) is 0.731. The van der Waals surface area contributed by atoms with Crippen LogP contribution in [-0.4, -0.2) is 37.5 Å². The lowest BCUT2D eigenvalue weighted by molar-refractivity contribution is 0.0375. The molecule has 1 saturated carbocycles. The third kappa shape index (κ3) is 4.40. The van der Waals surface area contributed by atoms with E-state index in [1.807, 2.05) is 7.11 Å². The predicted octanol–water partition coefficient (Wildman–Crippen LogP) is 1.94. The van der Waals surface area contributed by atoms with Gasteiger partial charge >= 0.3 is 0 Å². The Kier molecular flexibility index (Phi) is 5.73. The van der Waals surface area contributed by atoms with Gasteiger partial charge in [0.25, 0.3) is 0 Å². The van der Waals surface area contributed by atoms with Gasteiger partial charge < -0.3 is 15.2 Å². The molecule has 2 unspecified atom stereocenters. The first-order valence-electron chi connectivity index (χ1n) is 6.46. The van der Waals surface area contributed by atoms with E-state index < -0.39 is 0 Å². The topological polar surface area (TPSA) is 41.5 Å². The summed E-state index contributed by atoms with van der Waals surface area (Å²) in [6.07, 6.45) is 6.21. The average Bonchev–Trinajstić information content (AvgIpc) is 2.27. The SMILES string of the molecule is COC1CCCCC1NCC(C)(C)CCO. The first-order valence-corrected chi connectivity index (χ1v) is 6.46. The molecule has 0 spiro atoms. The summed E-state index contributed by atoms with van der Waals surface area (Å²) in [5, 5.41) is 12.6. The van der Waals surface area contributed by atoms with Crippen molar-refractivity contribution in [3.05, 3.63) is 0 Å². The van der Waals surface area contributed by atoms with Crippen LogP contribution in [0.4, 0.5) is 0 Å². The van der Waals surface area contributed by atoms with E-state index in [2.05, 4.69) is 19.2 Å². The second kappa shape index (κ2) is 6.58. The van der Waals surface area contributed by atoms with Gasteiger partial charge in [-0.15, -0.1) is 0 Å². The van der Waals surface area contributed by atoms with Crippen LogP contribution in [0.3, 0.4) is 0 Å². The van der Waals surface area contributed by atoms with Crippen LogP contribution < -0.4 is 5.32 Å². The maximum Gasteiger partial charge on any atom is 0.0724 e. The smallest absolute Gasteiger partial charge is 0.0724 e. The normalized spacial score (nSPS) is 27.0. The van der Waals surface area contributed by atoms with Crippen molar-refractivity contribution >= 4 is 0 Å². The van der Waals surface area contributed by atoms with Crippen LogP contribution in [0.5, 0.6) is 0 Å². The highest BCUT2D eigenvalue weighted by Gasteiger charge is 2.26. The zero-order valence-corrected chi connectivity index (χ0v) is 11.0. The Morgan fingerprint density at radius 2 is 2.00 bits per heavy atom. The molecule has 0 saturated heterocycles. The lowest BCUT2D eigenvalue weighted by Crippen LogP contribution is -2.46. The van der Waals surface area contributed by atoms with E-state index in [4.69, 9.17) is 9.84 Å². The molecule has 0 amide bonds. The van der Waals surface area contributed by atoms with Crippen molar-refractivity contribution in [3.8, 4) is 0 Å². The molecule has 1 rings (SSSR count). The summed E-state index contributed by atoms with van der Waals surface area (Å²) < 4.78 is 5.52. The molecule has 1 aliphatic carbocycles. The molecule has 16 heavy (non-hydrogen) atoms. The highest BCUT2D eigenvalue weighted by atomic mass is 16.5. The molecule has 2 atom stereocenters. The molecule has 0 aromatic carbocycles. The molecular weight excluding hydrogens is 202 g/mol. The number of rotatable bonds is 6. The van der Waals surface area contributed by atoms with Crippen molar-refractivity contribution in [2.45, 2.75) is 58.1 Å². The van der Waals surface area contributed by atoms with E-state index in [0.29, 0.717) is 12.1 Å². The van der Waals surface area contributed by atoms with Crippen LogP contribution in [-0.2, 0) is 4.74 Å². The second-order valence-electron chi connectivity index (χ2n) is 5.68. The minimum atomic E-state index is 0.171. The van der Waals surface area contributed by atoms with Gasteiger partial charge in [0.2, 0.25) is 0 Å². The Morgan fingerprint density at radius 1 is 1.31 bits per heavy atom. The Morgan fingerprint density at radius 3 is 2.62 bits per heavy atom. The second-order valence-corrected chi connectivity index (χ2v) is 5.68. The Labute approximate surface area is 99.6 Å². The number of hydrogen-bond donors (Lipinski definition) is 2. The zero-order valence-electron chi connectivity index (χ0n) is 11.0. The van der Waals surface area contributed by atoms with Crippen molar-refractivity contribution < 1.29 is 9.84 Å². The first kappa shape index (κ1) is 13.9. The summed E-state index contributed by atoms with van der Waals surface area (Å²) in [5.74, 6) is 0. The fourth-order valence-corrected chi connectivity index (χ4v) is 2.41. The van der Waals surface area contributed by atoms with Gasteiger partial charge in [-0.2, -0.15) is 0 Å². The third-order valence-corrected chi connectivity index (χ3v) is 3.64. The lowest BCUT2D eigenvalue weighted by atomic mass is 9.87. The summed E-state index contributed by atoms with van der Waals surface area (Å²) in [7, 11) is 1.81. The molecule has 96 valence electrons. The number of ether oxygens (including phenoxy) is 1. The highest BCUT2D eigenvalue weighted by Crippen LogP contribution is 2.23. The molecular formula is C13H27NO2. The van der Waals surface area contributed by atoms with Crippen molar-refractivity contribution in [1.82, 2.24) is 5.32 Å². The van der Waals surface area contributed by atoms with E-state index in [0.717, 1.165) is 13.0 Å². The fourth-order valence-electron chi connectivity index (χ4n) is 2.41. The summed E-state index contributed by atoms with van der Waals surface area (Å²) in [6.45, 7) is 5.62. The van der Waals surface area contributed by atoms with Gasteiger partial charge in [0.15, 0.2) is 0 Å². The van der Waals surface area contributed by atoms with Crippen molar-refractivity contribution in [2.24, 2.45) is 5.41 Å². The number of nitrogens with one attached hydrogen (secondary N) is 1. The maximum absolute atomic E-state index is 8.98. The lowest BCUT2D eigenvalue weighted by Gasteiger charge is -2.34. The molecule has 1 aliphatic rings. The first-order chi connectivity index (χ1) is 7.59. The van der Waals surface area contributed by atoms with Crippen LogP contribution in [0.2, 0.25) is 0 Å². The Bertz CT molecular complexity index is 194. The maximum atomic E-state index is 8.98. The molecule has 3 nitrogen and oxygen atoms in total. The fraction of sp³-hybridized carbons (Fsp3) is 1.00. The van der Waals surface area contributed by atoms with E-state index in [-0.39, 0.29) is 12.0 Å². The Hall–Kier alpha value is -0.120. The van der Waals surface area contributed by atoms with Crippen molar-refractivity contribution in [2.75, 3.05) is 20.3 Å². The van der Waals surface area contributed by atoms with Gasteiger partial charge in [-0.3, -0.25) is 0 Å². The number of aliphatic hydroxyl groups excluding tert-OH is 1. The van der Waals surface area contributed by atoms with Crippen LogP contribution >= 0.6 is 0 Å². The summed E-state index contributed by atoms with van der Waals surface area (Å²) >= 11 is 0. The molecule has 0 aliphatic heterocycles. The molecule has 0 heterocycles. The van der Waals surface area contributed by atoms with E-state index >= 15 is 0 Å². The third-order valence-electron chi connectivity index (χ3n) is 3.64. The monoisotopic (exact) mass is 229 g/mol. The molecule has 0 aromatic heterocycles. The highest BCUT2D eigenvalue weighted by molar-refractivity contribution is 4.84. The number of hydrogen-bond acceptors (Lipinski definition) is 3. The molecule has 0 aromatic rings. The van der Waals surface area contributed by atoms with Crippen LogP contribution in [0, 0.1) is 5.41 Å². The van der Waals surface area contributed by atoms with Gasteiger partial charge in [-0.25, -0.2) is 0 Å². The van der Waals surface area contributed by atoms with E-state index in [1.165, 1.54) is 25.7 Å². The minimum absolute atomic E-state index is 0.171. The standard InChI is InChI=1S/C13H27NO2/c1-13(2,8-9-15)10-14-11-6-4-5-7-12(11)16-3/h11-12,14-15H,4-10H2,1-3H3. The molecule has 0 radical (unpaired) electrons.